The Labute approximate surface area is 189 Å². The topological polar surface area (TPSA) is 73.0 Å². The molecule has 8 heteroatoms. The fourth-order valence-electron chi connectivity index (χ4n) is 3.31. The average molecular weight is 453 g/mol. The second-order valence-electron chi connectivity index (χ2n) is 7.16. The monoisotopic (exact) mass is 452 g/mol. The lowest BCUT2D eigenvalue weighted by atomic mass is 10.1. The van der Waals surface area contributed by atoms with Crippen molar-refractivity contribution in [1.29, 1.82) is 0 Å². The van der Waals surface area contributed by atoms with Gasteiger partial charge in [0.25, 0.3) is 0 Å². The third-order valence-electron chi connectivity index (χ3n) is 4.56. The summed E-state index contributed by atoms with van der Waals surface area (Å²) >= 11 is 7.71. The third-order valence-corrected chi connectivity index (χ3v) is 5.86. The molecule has 0 aliphatic heterocycles. The van der Waals surface area contributed by atoms with E-state index in [4.69, 9.17) is 16.0 Å². The summed E-state index contributed by atoms with van der Waals surface area (Å²) in [6.07, 6.45) is 1.62. The van der Waals surface area contributed by atoms with Crippen molar-refractivity contribution in [3.8, 4) is 11.4 Å². The molecule has 0 spiro atoms. The van der Waals surface area contributed by atoms with E-state index in [1.165, 1.54) is 11.8 Å². The van der Waals surface area contributed by atoms with Crippen molar-refractivity contribution in [1.82, 2.24) is 14.8 Å². The van der Waals surface area contributed by atoms with Crippen LogP contribution in [0.2, 0.25) is 5.02 Å². The number of furan rings is 1. The molecule has 0 radical (unpaired) electrons. The summed E-state index contributed by atoms with van der Waals surface area (Å²) in [5.74, 6) is 1.47. The summed E-state index contributed by atoms with van der Waals surface area (Å²) in [7, 11) is 0. The first-order valence-electron chi connectivity index (χ1n) is 9.71. The maximum atomic E-state index is 12.5. The summed E-state index contributed by atoms with van der Waals surface area (Å²) in [5.41, 5.74) is 3.77. The van der Waals surface area contributed by atoms with Gasteiger partial charge in [-0.1, -0.05) is 41.6 Å². The minimum absolute atomic E-state index is 0.109. The molecule has 31 heavy (non-hydrogen) atoms. The van der Waals surface area contributed by atoms with Gasteiger partial charge in [-0.25, -0.2) is 0 Å². The van der Waals surface area contributed by atoms with Gasteiger partial charge >= 0.3 is 0 Å². The predicted octanol–water partition coefficient (Wildman–Crippen LogP) is 5.59. The smallest absolute Gasteiger partial charge is 0.234 e. The molecule has 0 aliphatic rings. The molecular weight excluding hydrogens is 432 g/mol. The fourth-order valence-corrected chi connectivity index (χ4v) is 4.27. The van der Waals surface area contributed by atoms with Gasteiger partial charge in [0.2, 0.25) is 5.91 Å². The van der Waals surface area contributed by atoms with Crippen LogP contribution < -0.4 is 5.32 Å². The van der Waals surface area contributed by atoms with Crippen LogP contribution in [0.3, 0.4) is 0 Å². The number of hydrogen-bond acceptors (Lipinski definition) is 5. The molecule has 1 N–H and O–H groups in total. The third kappa shape index (κ3) is 5.18. The van der Waals surface area contributed by atoms with Crippen molar-refractivity contribution in [3.05, 3.63) is 82.8 Å². The van der Waals surface area contributed by atoms with Gasteiger partial charge in [-0.05, 0) is 61.4 Å². The lowest BCUT2D eigenvalue weighted by Gasteiger charge is -2.10. The quantitative estimate of drug-likeness (QED) is 0.370. The van der Waals surface area contributed by atoms with Crippen LogP contribution in [0.15, 0.2) is 70.4 Å². The van der Waals surface area contributed by atoms with E-state index >= 15 is 0 Å². The average Bonchev–Trinajstić information content (AvgIpc) is 3.37. The second-order valence-corrected chi connectivity index (χ2v) is 8.51. The van der Waals surface area contributed by atoms with Crippen LogP contribution in [0.5, 0.6) is 0 Å². The molecule has 0 saturated heterocycles. The highest BCUT2D eigenvalue weighted by Crippen LogP contribution is 2.30. The van der Waals surface area contributed by atoms with Crippen molar-refractivity contribution in [2.75, 3.05) is 11.1 Å². The number of anilines is 1. The summed E-state index contributed by atoms with van der Waals surface area (Å²) in [6.45, 7) is 4.44. The van der Waals surface area contributed by atoms with Gasteiger partial charge < -0.3 is 9.73 Å². The zero-order valence-electron chi connectivity index (χ0n) is 17.1. The number of carbonyl (C=O) groups excluding carboxylic acids is 1. The molecule has 0 fully saturated rings. The normalized spacial score (nSPS) is 10.9. The van der Waals surface area contributed by atoms with Crippen molar-refractivity contribution in [2.45, 2.75) is 25.5 Å². The zero-order valence-corrected chi connectivity index (χ0v) is 18.7. The highest BCUT2D eigenvalue weighted by atomic mass is 35.5. The Morgan fingerprint density at radius 1 is 1.10 bits per heavy atom. The molecule has 0 unspecified atom stereocenters. The molecule has 2 aromatic heterocycles. The number of carbonyl (C=O) groups is 1. The molecule has 0 bridgehead atoms. The van der Waals surface area contributed by atoms with Gasteiger partial charge in [-0.3, -0.25) is 9.36 Å². The van der Waals surface area contributed by atoms with Crippen molar-refractivity contribution in [3.63, 3.8) is 0 Å². The fraction of sp³-hybridized carbons (Fsp3) is 0.174. The van der Waals surface area contributed by atoms with E-state index in [0.717, 1.165) is 28.1 Å². The number of aryl methyl sites for hydroxylation is 2. The van der Waals surface area contributed by atoms with Crippen LogP contribution in [0.1, 0.15) is 16.9 Å². The number of hydrogen-bond donors (Lipinski definition) is 1. The maximum absolute atomic E-state index is 12.5. The number of rotatable bonds is 7. The molecule has 0 atom stereocenters. The first kappa shape index (κ1) is 21.2. The van der Waals surface area contributed by atoms with Gasteiger partial charge in [-0.2, -0.15) is 0 Å². The second kappa shape index (κ2) is 9.41. The van der Waals surface area contributed by atoms with E-state index in [2.05, 4.69) is 21.6 Å². The number of aromatic nitrogens is 3. The summed E-state index contributed by atoms with van der Waals surface area (Å²) < 4.78 is 7.42. The van der Waals surface area contributed by atoms with Gasteiger partial charge in [-0.15, -0.1) is 10.2 Å². The molecule has 4 rings (SSSR count). The zero-order chi connectivity index (χ0) is 21.8. The van der Waals surface area contributed by atoms with E-state index < -0.39 is 0 Å². The highest BCUT2D eigenvalue weighted by molar-refractivity contribution is 7.99. The van der Waals surface area contributed by atoms with Crippen LogP contribution in [-0.4, -0.2) is 26.4 Å². The molecule has 4 aromatic rings. The first-order valence-corrected chi connectivity index (χ1v) is 11.1. The van der Waals surface area contributed by atoms with Gasteiger partial charge in [0, 0.05) is 11.3 Å². The summed E-state index contributed by atoms with van der Waals surface area (Å²) in [4.78, 5) is 12.5. The standard InChI is InChI=1S/C23H21ClN4O2S/c1-15-10-16(2)12-17(11-15)25-21(29)14-31-23-27-26-22(19-7-3-4-8-20(19)24)28(23)13-18-6-5-9-30-18/h3-12H,13-14H2,1-2H3,(H,25,29). The van der Waals surface area contributed by atoms with E-state index in [1.807, 2.05) is 66.9 Å². The lowest BCUT2D eigenvalue weighted by Crippen LogP contribution is -2.15. The maximum Gasteiger partial charge on any atom is 0.234 e. The highest BCUT2D eigenvalue weighted by Gasteiger charge is 2.18. The molecule has 0 aliphatic carbocycles. The Kier molecular flexibility index (Phi) is 6.44. The summed E-state index contributed by atoms with van der Waals surface area (Å²) in [6, 6.07) is 17.2. The first-order chi connectivity index (χ1) is 15.0. The van der Waals surface area contributed by atoms with Crippen LogP contribution in [0.4, 0.5) is 5.69 Å². The Hall–Kier alpha value is -3.03. The number of halogens is 1. The number of thioether (sulfide) groups is 1. The minimum Gasteiger partial charge on any atom is -0.467 e. The van der Waals surface area contributed by atoms with E-state index in [9.17, 15) is 4.79 Å². The SMILES string of the molecule is Cc1cc(C)cc(NC(=O)CSc2nnc(-c3ccccc3Cl)n2Cc2ccco2)c1. The van der Waals surface area contributed by atoms with Crippen molar-refractivity contribution < 1.29 is 9.21 Å². The Morgan fingerprint density at radius 2 is 1.87 bits per heavy atom. The van der Waals surface area contributed by atoms with Crippen LogP contribution in [-0.2, 0) is 11.3 Å². The molecule has 1 amide bonds. The molecular formula is C23H21ClN4O2S. The molecule has 158 valence electrons. The minimum atomic E-state index is -0.109. The number of amides is 1. The Morgan fingerprint density at radius 3 is 2.58 bits per heavy atom. The molecule has 2 heterocycles. The van der Waals surface area contributed by atoms with Crippen LogP contribution in [0.25, 0.3) is 11.4 Å². The van der Waals surface area contributed by atoms with Gasteiger partial charge in [0.1, 0.15) is 5.76 Å². The molecule has 2 aromatic carbocycles. The Bertz CT molecular complexity index is 1180. The van der Waals surface area contributed by atoms with Crippen LogP contribution in [0, 0.1) is 13.8 Å². The number of nitrogens with one attached hydrogen (secondary N) is 1. The Balaban J connectivity index is 1.55. The van der Waals surface area contributed by atoms with Gasteiger partial charge in [0.05, 0.1) is 23.6 Å². The van der Waals surface area contributed by atoms with Crippen molar-refractivity contribution in [2.24, 2.45) is 0 Å². The van der Waals surface area contributed by atoms with E-state index in [0.29, 0.717) is 22.5 Å². The summed E-state index contributed by atoms with van der Waals surface area (Å²) in [5, 5.41) is 12.8. The largest absolute Gasteiger partial charge is 0.467 e. The van der Waals surface area contributed by atoms with E-state index in [1.54, 1.807) is 6.26 Å². The number of benzene rings is 2. The van der Waals surface area contributed by atoms with Crippen molar-refractivity contribution >= 4 is 35.0 Å². The number of nitrogens with zero attached hydrogens (tertiary/aromatic N) is 3. The van der Waals surface area contributed by atoms with Gasteiger partial charge in [0.15, 0.2) is 11.0 Å². The molecule has 0 saturated carbocycles. The lowest BCUT2D eigenvalue weighted by molar-refractivity contribution is -0.113. The predicted molar refractivity (Wildman–Crippen MR) is 124 cm³/mol. The van der Waals surface area contributed by atoms with Crippen LogP contribution >= 0.6 is 23.4 Å². The van der Waals surface area contributed by atoms with E-state index in [-0.39, 0.29) is 11.7 Å². The molecule has 6 nitrogen and oxygen atoms in total.